The number of esters is 1. The van der Waals surface area contributed by atoms with E-state index < -0.39 is 22.7 Å². The van der Waals surface area contributed by atoms with E-state index in [9.17, 15) is 19.7 Å². The van der Waals surface area contributed by atoms with Gasteiger partial charge in [0.15, 0.2) is 11.5 Å². The molecule has 194 valence electrons. The van der Waals surface area contributed by atoms with Crippen LogP contribution in [-0.2, 0) is 20.9 Å². The van der Waals surface area contributed by atoms with E-state index in [1.54, 1.807) is 44.2 Å². The van der Waals surface area contributed by atoms with Crippen LogP contribution < -0.4 is 4.74 Å². The number of carbonyl (C=O) groups excluding carboxylic acids is 2. The molecular formula is C28H29ClN2O6. The average molecular weight is 525 g/mol. The highest BCUT2D eigenvalue weighted by atomic mass is 35.5. The maximum Gasteiger partial charge on any atom is 0.315 e. The number of hydrogen-bond acceptors (Lipinski definition) is 7. The molecule has 2 aromatic rings. The highest BCUT2D eigenvalue weighted by molar-refractivity contribution is 6.30. The van der Waals surface area contributed by atoms with Gasteiger partial charge in [-0.25, -0.2) is 0 Å². The minimum absolute atomic E-state index is 0.0860. The van der Waals surface area contributed by atoms with Gasteiger partial charge < -0.3 is 9.47 Å². The number of aliphatic imine (C=N–C) groups is 1. The zero-order valence-electron chi connectivity index (χ0n) is 21.2. The molecule has 2 atom stereocenters. The van der Waals surface area contributed by atoms with E-state index in [1.807, 2.05) is 13.8 Å². The lowest BCUT2D eigenvalue weighted by Crippen LogP contribution is -2.39. The molecule has 0 bridgehead atoms. The van der Waals surface area contributed by atoms with Gasteiger partial charge in [0.1, 0.15) is 12.5 Å². The summed E-state index contributed by atoms with van der Waals surface area (Å²) in [6.07, 6.45) is 0.874. The SMILES string of the molecule is CCOC(=O)C1C(C)=NC2=C(C(=O)CC(C)(C)C2)[C@H]1c1ccc(OCc2ccc(Cl)cc2)c([N+](=O)[O-])c1. The van der Waals surface area contributed by atoms with E-state index in [1.165, 1.54) is 12.1 Å². The molecule has 2 aromatic carbocycles. The number of carbonyl (C=O) groups is 2. The molecule has 1 unspecified atom stereocenters. The molecule has 37 heavy (non-hydrogen) atoms. The number of rotatable bonds is 7. The second kappa shape index (κ2) is 10.5. The lowest BCUT2D eigenvalue weighted by Gasteiger charge is -2.38. The Morgan fingerprint density at radius 1 is 1.19 bits per heavy atom. The predicted octanol–water partition coefficient (Wildman–Crippen LogP) is 6.21. The zero-order chi connectivity index (χ0) is 26.9. The van der Waals surface area contributed by atoms with Gasteiger partial charge in [0.2, 0.25) is 0 Å². The summed E-state index contributed by atoms with van der Waals surface area (Å²) >= 11 is 5.93. The van der Waals surface area contributed by atoms with Crippen molar-refractivity contribution in [3.63, 3.8) is 0 Å². The number of ketones is 1. The Morgan fingerprint density at radius 2 is 1.89 bits per heavy atom. The first-order valence-electron chi connectivity index (χ1n) is 12.1. The molecule has 0 amide bonds. The minimum Gasteiger partial charge on any atom is -0.482 e. The van der Waals surface area contributed by atoms with Crippen LogP contribution in [0.25, 0.3) is 0 Å². The minimum atomic E-state index is -0.857. The Morgan fingerprint density at radius 3 is 2.54 bits per heavy atom. The van der Waals surface area contributed by atoms with Crippen molar-refractivity contribution < 1.29 is 24.0 Å². The summed E-state index contributed by atoms with van der Waals surface area (Å²) in [6, 6.07) is 11.6. The number of nitrogens with zero attached hydrogens (tertiary/aromatic N) is 2. The molecule has 0 saturated carbocycles. The Balaban J connectivity index is 1.77. The highest BCUT2D eigenvalue weighted by Crippen LogP contribution is 2.48. The topological polar surface area (TPSA) is 108 Å². The van der Waals surface area contributed by atoms with Crippen molar-refractivity contribution in [2.45, 2.75) is 53.1 Å². The first-order chi connectivity index (χ1) is 17.5. The Bertz CT molecular complexity index is 1310. The summed E-state index contributed by atoms with van der Waals surface area (Å²) in [5.74, 6) is -2.12. The molecule has 0 aromatic heterocycles. The monoisotopic (exact) mass is 524 g/mol. The normalized spacial score (nSPS) is 20.7. The largest absolute Gasteiger partial charge is 0.482 e. The third-order valence-electron chi connectivity index (χ3n) is 6.69. The van der Waals surface area contributed by atoms with Crippen LogP contribution in [0.2, 0.25) is 5.02 Å². The molecule has 0 radical (unpaired) electrons. The molecule has 0 fully saturated rings. The van der Waals surface area contributed by atoms with Crippen LogP contribution in [0.15, 0.2) is 58.7 Å². The number of allylic oxidation sites excluding steroid dienone is 2. The molecule has 9 heteroatoms. The molecule has 4 rings (SSSR count). The fourth-order valence-corrected chi connectivity index (χ4v) is 5.20. The van der Waals surface area contributed by atoms with Gasteiger partial charge in [0.05, 0.1) is 11.5 Å². The second-order valence-electron chi connectivity index (χ2n) is 10.2. The van der Waals surface area contributed by atoms with Gasteiger partial charge in [-0.3, -0.25) is 24.7 Å². The van der Waals surface area contributed by atoms with Gasteiger partial charge in [-0.05, 0) is 55.0 Å². The van der Waals surface area contributed by atoms with Crippen LogP contribution in [0.5, 0.6) is 5.75 Å². The number of Topliss-reactive ketones (excluding diaryl/α,β-unsaturated/α-hetero) is 1. The Labute approximate surface area is 220 Å². The van der Waals surface area contributed by atoms with Crippen molar-refractivity contribution in [1.29, 1.82) is 0 Å². The van der Waals surface area contributed by atoms with Crippen LogP contribution in [0.3, 0.4) is 0 Å². The molecule has 1 aliphatic heterocycles. The van der Waals surface area contributed by atoms with E-state index in [-0.39, 0.29) is 35.8 Å². The summed E-state index contributed by atoms with van der Waals surface area (Å²) in [7, 11) is 0. The van der Waals surface area contributed by atoms with Crippen LogP contribution in [0, 0.1) is 21.4 Å². The van der Waals surface area contributed by atoms with E-state index in [0.29, 0.717) is 40.4 Å². The van der Waals surface area contributed by atoms with Gasteiger partial charge in [-0.2, -0.15) is 0 Å². The van der Waals surface area contributed by atoms with Gasteiger partial charge in [-0.15, -0.1) is 0 Å². The molecule has 0 saturated heterocycles. The summed E-state index contributed by atoms with van der Waals surface area (Å²) in [5, 5.41) is 12.6. The van der Waals surface area contributed by atoms with Crippen molar-refractivity contribution in [3.05, 3.63) is 80.0 Å². The Hall–Kier alpha value is -3.52. The van der Waals surface area contributed by atoms with E-state index in [2.05, 4.69) is 4.99 Å². The van der Waals surface area contributed by atoms with Gasteiger partial charge in [0.25, 0.3) is 0 Å². The van der Waals surface area contributed by atoms with Crippen molar-refractivity contribution in [3.8, 4) is 5.75 Å². The predicted molar refractivity (Wildman–Crippen MR) is 140 cm³/mol. The van der Waals surface area contributed by atoms with Crippen LogP contribution in [0.1, 0.15) is 57.6 Å². The third-order valence-corrected chi connectivity index (χ3v) is 6.94. The average Bonchev–Trinajstić information content (AvgIpc) is 2.82. The highest BCUT2D eigenvalue weighted by Gasteiger charge is 2.46. The Kier molecular flexibility index (Phi) is 7.50. The summed E-state index contributed by atoms with van der Waals surface area (Å²) in [5.41, 5.74) is 2.35. The van der Waals surface area contributed by atoms with Gasteiger partial charge >= 0.3 is 11.7 Å². The zero-order valence-corrected chi connectivity index (χ0v) is 22.0. The lowest BCUT2D eigenvalue weighted by molar-refractivity contribution is -0.386. The van der Waals surface area contributed by atoms with E-state index >= 15 is 0 Å². The van der Waals surface area contributed by atoms with Crippen molar-refractivity contribution in [2.24, 2.45) is 16.3 Å². The molecule has 2 aliphatic rings. The molecule has 8 nitrogen and oxygen atoms in total. The molecule has 0 N–H and O–H groups in total. The third kappa shape index (κ3) is 5.59. The van der Waals surface area contributed by atoms with Crippen molar-refractivity contribution in [2.75, 3.05) is 6.61 Å². The van der Waals surface area contributed by atoms with E-state index in [0.717, 1.165) is 5.56 Å². The summed E-state index contributed by atoms with van der Waals surface area (Å²) in [4.78, 5) is 42.6. The molecule has 0 spiro atoms. The number of nitro benzene ring substituents is 1. The van der Waals surface area contributed by atoms with E-state index in [4.69, 9.17) is 21.1 Å². The second-order valence-corrected chi connectivity index (χ2v) is 10.6. The summed E-state index contributed by atoms with van der Waals surface area (Å²) in [6.45, 7) is 7.73. The molecular weight excluding hydrogens is 496 g/mol. The van der Waals surface area contributed by atoms with Crippen LogP contribution >= 0.6 is 11.6 Å². The number of benzene rings is 2. The van der Waals surface area contributed by atoms with Gasteiger partial charge in [0, 0.05) is 40.4 Å². The fraction of sp³-hybridized carbons (Fsp3) is 0.393. The number of nitro groups is 1. The van der Waals surface area contributed by atoms with Crippen molar-refractivity contribution >= 4 is 34.8 Å². The number of hydrogen-bond donors (Lipinski definition) is 0. The maximum absolute atomic E-state index is 13.4. The number of halogens is 1. The van der Waals surface area contributed by atoms with Crippen LogP contribution in [0.4, 0.5) is 5.69 Å². The lowest BCUT2D eigenvalue weighted by atomic mass is 9.67. The fourth-order valence-electron chi connectivity index (χ4n) is 5.08. The first kappa shape index (κ1) is 26.5. The number of ether oxygens (including phenoxy) is 2. The van der Waals surface area contributed by atoms with Gasteiger partial charge in [-0.1, -0.05) is 43.6 Å². The standard InChI is InChI=1S/C28H29ClN2O6/c1-5-36-27(33)24-16(2)30-20-13-28(3,4)14-22(32)26(20)25(24)18-8-11-23(21(12-18)31(34)35)37-15-17-6-9-19(29)10-7-17/h6-12,24-25H,5,13-15H2,1-4H3/t24?,25-/m0/s1. The van der Waals surface area contributed by atoms with Crippen molar-refractivity contribution in [1.82, 2.24) is 0 Å². The quantitative estimate of drug-likeness (QED) is 0.242. The summed E-state index contributed by atoms with van der Waals surface area (Å²) < 4.78 is 11.1. The smallest absolute Gasteiger partial charge is 0.315 e. The molecule has 1 heterocycles. The molecule has 1 aliphatic carbocycles. The van der Waals surface area contributed by atoms with Crippen LogP contribution in [-0.4, -0.2) is 29.0 Å². The first-order valence-corrected chi connectivity index (χ1v) is 12.5. The maximum atomic E-state index is 13.4.